The number of likely N-dealkylation sites (tertiary alicyclic amines) is 1. The number of hydrogen-bond donors (Lipinski definition) is 0. The average molecular weight is 459 g/mol. The van der Waals surface area contributed by atoms with Crippen LogP contribution in [0.25, 0.3) is 22.4 Å². The van der Waals surface area contributed by atoms with E-state index in [-0.39, 0.29) is 0 Å². The van der Waals surface area contributed by atoms with Gasteiger partial charge in [-0.1, -0.05) is 24.3 Å². The quantitative estimate of drug-likeness (QED) is 0.551. The molecule has 1 aromatic heterocycles. The lowest BCUT2D eigenvalue weighted by Gasteiger charge is -2.47. The van der Waals surface area contributed by atoms with E-state index in [1.165, 1.54) is 12.0 Å². The second-order valence-electron chi connectivity index (χ2n) is 9.63. The summed E-state index contributed by atoms with van der Waals surface area (Å²) >= 11 is 0. The van der Waals surface area contributed by atoms with E-state index in [0.29, 0.717) is 18.6 Å². The molecule has 2 fully saturated rings. The molecule has 0 bridgehead atoms. The molecule has 34 heavy (non-hydrogen) atoms. The fourth-order valence-corrected chi connectivity index (χ4v) is 5.46. The molecular weight excluding hydrogens is 428 g/mol. The van der Waals surface area contributed by atoms with E-state index < -0.39 is 0 Å². The standard InChI is InChI=1S/C28H30N2O4/c1-19-21(15-30-16-28(17-30)10-11-32-18-28)6-8-24(29-19)23-5-3-4-22(27(23)31-2)20-7-9-25-26(14-20)34-13-12-33-25/h3-9,14H,10-13,15-18H2,1-2H3. The first-order chi connectivity index (χ1) is 16.6. The molecule has 176 valence electrons. The summed E-state index contributed by atoms with van der Waals surface area (Å²) in [6, 6.07) is 16.6. The fourth-order valence-electron chi connectivity index (χ4n) is 5.46. The summed E-state index contributed by atoms with van der Waals surface area (Å²) in [5, 5.41) is 0. The van der Waals surface area contributed by atoms with E-state index in [1.54, 1.807) is 7.11 Å². The molecule has 0 amide bonds. The Balaban J connectivity index is 1.26. The third-order valence-corrected chi connectivity index (χ3v) is 7.24. The minimum absolute atomic E-state index is 0.406. The van der Waals surface area contributed by atoms with Crippen molar-refractivity contribution in [2.45, 2.75) is 19.9 Å². The van der Waals surface area contributed by atoms with Crippen molar-refractivity contribution in [2.75, 3.05) is 46.6 Å². The van der Waals surface area contributed by atoms with Gasteiger partial charge in [0.1, 0.15) is 19.0 Å². The largest absolute Gasteiger partial charge is 0.495 e. The predicted octanol–water partition coefficient (Wildman–Crippen LogP) is 4.73. The Morgan fingerprint density at radius 2 is 1.79 bits per heavy atom. The minimum Gasteiger partial charge on any atom is -0.495 e. The normalized spacial score (nSPS) is 18.6. The number of rotatable bonds is 5. The van der Waals surface area contributed by atoms with Crippen molar-refractivity contribution < 1.29 is 18.9 Å². The second-order valence-corrected chi connectivity index (χ2v) is 9.63. The van der Waals surface area contributed by atoms with Crippen LogP contribution in [0.1, 0.15) is 17.7 Å². The SMILES string of the molecule is COc1c(-c2ccc3c(c2)OCCO3)cccc1-c1ccc(CN2CC3(CCOC3)C2)c(C)n1. The Hall–Kier alpha value is -3.09. The molecule has 2 aromatic carbocycles. The van der Waals surface area contributed by atoms with Gasteiger partial charge in [-0.3, -0.25) is 9.88 Å². The third kappa shape index (κ3) is 3.81. The van der Waals surface area contributed by atoms with Crippen LogP contribution in [0.3, 0.4) is 0 Å². The zero-order valence-electron chi connectivity index (χ0n) is 19.8. The molecule has 0 radical (unpaired) electrons. The Bertz CT molecular complexity index is 1210. The van der Waals surface area contributed by atoms with Crippen molar-refractivity contribution >= 4 is 0 Å². The molecule has 6 heteroatoms. The molecule has 0 N–H and O–H groups in total. The maximum atomic E-state index is 5.91. The Labute approximate surface area is 200 Å². The summed E-state index contributed by atoms with van der Waals surface area (Å²) in [7, 11) is 1.72. The van der Waals surface area contributed by atoms with Crippen LogP contribution in [0, 0.1) is 12.3 Å². The smallest absolute Gasteiger partial charge is 0.161 e. The Kier molecular flexibility index (Phi) is 5.42. The second kappa shape index (κ2) is 8.60. The van der Waals surface area contributed by atoms with Gasteiger partial charge < -0.3 is 18.9 Å². The first-order valence-corrected chi connectivity index (χ1v) is 12.0. The molecule has 0 saturated carbocycles. The van der Waals surface area contributed by atoms with Crippen LogP contribution in [-0.4, -0.2) is 56.5 Å². The number of hydrogen-bond acceptors (Lipinski definition) is 6. The van der Waals surface area contributed by atoms with Crippen molar-refractivity contribution in [3.05, 3.63) is 59.8 Å². The van der Waals surface area contributed by atoms with Crippen LogP contribution < -0.4 is 14.2 Å². The predicted molar refractivity (Wildman–Crippen MR) is 131 cm³/mol. The summed E-state index contributed by atoms with van der Waals surface area (Å²) in [6.07, 6.45) is 1.19. The number of methoxy groups -OCH3 is 1. The van der Waals surface area contributed by atoms with Crippen LogP contribution >= 0.6 is 0 Å². The zero-order chi connectivity index (χ0) is 23.1. The van der Waals surface area contributed by atoms with Gasteiger partial charge in [-0.25, -0.2) is 0 Å². The number of pyridine rings is 1. The first-order valence-electron chi connectivity index (χ1n) is 12.0. The van der Waals surface area contributed by atoms with E-state index >= 15 is 0 Å². The van der Waals surface area contributed by atoms with Crippen LogP contribution in [0.2, 0.25) is 0 Å². The number of aryl methyl sites for hydroxylation is 1. The highest BCUT2D eigenvalue weighted by atomic mass is 16.6. The average Bonchev–Trinajstić information content (AvgIpc) is 3.34. The lowest BCUT2D eigenvalue weighted by atomic mass is 9.79. The van der Waals surface area contributed by atoms with Crippen molar-refractivity contribution in [1.29, 1.82) is 0 Å². The van der Waals surface area contributed by atoms with E-state index in [4.69, 9.17) is 23.9 Å². The molecular formula is C28H30N2O4. The van der Waals surface area contributed by atoms with Crippen molar-refractivity contribution in [2.24, 2.45) is 5.41 Å². The van der Waals surface area contributed by atoms with Gasteiger partial charge in [-0.15, -0.1) is 0 Å². The topological polar surface area (TPSA) is 53.0 Å². The molecule has 0 aliphatic carbocycles. The molecule has 1 spiro atoms. The molecule has 6 rings (SSSR count). The highest BCUT2D eigenvalue weighted by Crippen LogP contribution is 2.42. The van der Waals surface area contributed by atoms with Gasteiger partial charge in [-0.05, 0) is 48.7 Å². The Morgan fingerprint density at radius 3 is 2.56 bits per heavy atom. The van der Waals surface area contributed by atoms with E-state index in [1.807, 2.05) is 18.2 Å². The van der Waals surface area contributed by atoms with Crippen LogP contribution in [0.4, 0.5) is 0 Å². The van der Waals surface area contributed by atoms with Crippen molar-refractivity contribution in [1.82, 2.24) is 9.88 Å². The lowest BCUT2D eigenvalue weighted by molar-refractivity contribution is -0.0125. The summed E-state index contributed by atoms with van der Waals surface area (Å²) < 4.78 is 23.0. The van der Waals surface area contributed by atoms with Crippen LogP contribution in [0.5, 0.6) is 17.2 Å². The summed E-state index contributed by atoms with van der Waals surface area (Å²) in [6.45, 7) is 8.27. The van der Waals surface area contributed by atoms with Gasteiger partial charge in [0.25, 0.3) is 0 Å². The summed E-state index contributed by atoms with van der Waals surface area (Å²) in [4.78, 5) is 7.48. The number of benzene rings is 2. The van der Waals surface area contributed by atoms with Crippen molar-refractivity contribution in [3.63, 3.8) is 0 Å². The van der Waals surface area contributed by atoms with Gasteiger partial charge in [0, 0.05) is 48.5 Å². The lowest BCUT2D eigenvalue weighted by Crippen LogP contribution is -2.56. The molecule has 6 nitrogen and oxygen atoms in total. The van der Waals surface area contributed by atoms with Gasteiger partial charge >= 0.3 is 0 Å². The zero-order valence-corrected chi connectivity index (χ0v) is 19.8. The minimum atomic E-state index is 0.406. The molecule has 3 aromatic rings. The van der Waals surface area contributed by atoms with Gasteiger partial charge in [0.05, 0.1) is 19.4 Å². The molecule has 0 atom stereocenters. The maximum absolute atomic E-state index is 5.91. The van der Waals surface area contributed by atoms with Gasteiger partial charge in [-0.2, -0.15) is 0 Å². The van der Waals surface area contributed by atoms with Crippen LogP contribution in [-0.2, 0) is 11.3 Å². The molecule has 3 aliphatic heterocycles. The first kappa shape index (κ1) is 21.4. The van der Waals surface area contributed by atoms with Gasteiger partial charge in [0.2, 0.25) is 0 Å². The highest BCUT2D eigenvalue weighted by molar-refractivity contribution is 5.82. The van der Waals surface area contributed by atoms with E-state index in [9.17, 15) is 0 Å². The third-order valence-electron chi connectivity index (χ3n) is 7.24. The maximum Gasteiger partial charge on any atom is 0.161 e. The summed E-state index contributed by atoms with van der Waals surface area (Å²) in [5.41, 5.74) is 6.68. The van der Waals surface area contributed by atoms with Crippen LogP contribution in [0.15, 0.2) is 48.5 Å². The van der Waals surface area contributed by atoms with Gasteiger partial charge in [0.15, 0.2) is 11.5 Å². The van der Waals surface area contributed by atoms with Crippen molar-refractivity contribution in [3.8, 4) is 39.6 Å². The summed E-state index contributed by atoms with van der Waals surface area (Å²) in [5.74, 6) is 2.36. The molecule has 3 aliphatic rings. The monoisotopic (exact) mass is 458 g/mol. The number of ether oxygens (including phenoxy) is 4. The fraction of sp³-hybridized carbons (Fsp3) is 0.393. The number of aromatic nitrogens is 1. The van der Waals surface area contributed by atoms with E-state index in [0.717, 1.165) is 78.2 Å². The van der Waals surface area contributed by atoms with E-state index in [2.05, 4.69) is 42.2 Å². The molecule has 4 heterocycles. The molecule has 2 saturated heterocycles. The molecule has 0 unspecified atom stereocenters. The number of nitrogens with zero attached hydrogens (tertiary/aromatic N) is 2. The number of fused-ring (bicyclic) bond motifs is 1. The highest BCUT2D eigenvalue weighted by Gasteiger charge is 2.45. The number of para-hydroxylation sites is 1. The Morgan fingerprint density at radius 1 is 0.971 bits per heavy atom.